The van der Waals surface area contributed by atoms with Crippen molar-refractivity contribution in [1.29, 1.82) is 0 Å². The number of aromatic nitrogens is 1. The number of carbonyl (C=O) groups excluding carboxylic acids is 1. The molecule has 4 rings (SSSR count). The van der Waals surface area contributed by atoms with Crippen molar-refractivity contribution in [2.24, 2.45) is 5.73 Å². The van der Waals surface area contributed by atoms with E-state index in [4.69, 9.17) is 10.5 Å². The highest BCUT2D eigenvalue weighted by Gasteiger charge is 2.04. The van der Waals surface area contributed by atoms with Crippen LogP contribution >= 0.6 is 0 Å². The Labute approximate surface area is 163 Å². The molecule has 0 spiro atoms. The Bertz CT molecular complexity index is 1120. The van der Waals surface area contributed by atoms with Crippen LogP contribution in [0.5, 0.6) is 5.75 Å². The van der Waals surface area contributed by atoms with Crippen molar-refractivity contribution in [3.8, 4) is 5.75 Å². The summed E-state index contributed by atoms with van der Waals surface area (Å²) in [7, 11) is 0. The number of hydrogen-bond acceptors (Lipinski definition) is 3. The average Bonchev–Trinajstić information content (AvgIpc) is 2.73. The number of primary amides is 1. The molecular weight excluding hydrogens is 348 g/mol. The van der Waals surface area contributed by atoms with Gasteiger partial charge >= 0.3 is 0 Å². The third-order valence-electron chi connectivity index (χ3n) is 4.59. The Morgan fingerprint density at radius 2 is 1.68 bits per heavy atom. The van der Waals surface area contributed by atoms with Gasteiger partial charge in [-0.3, -0.25) is 4.79 Å². The van der Waals surface area contributed by atoms with Crippen LogP contribution in [0.1, 0.15) is 27.2 Å². The van der Waals surface area contributed by atoms with Gasteiger partial charge in [0, 0.05) is 10.9 Å². The lowest BCUT2D eigenvalue weighted by molar-refractivity contribution is 0.1000. The van der Waals surface area contributed by atoms with Crippen molar-refractivity contribution in [2.45, 2.75) is 13.0 Å². The zero-order chi connectivity index (χ0) is 19.3. The van der Waals surface area contributed by atoms with Gasteiger partial charge in [-0.1, -0.05) is 48.5 Å². The molecule has 0 saturated carbocycles. The number of benzene rings is 3. The maximum atomic E-state index is 11.3. The summed E-state index contributed by atoms with van der Waals surface area (Å²) in [5.41, 5.74) is 9.92. The van der Waals surface area contributed by atoms with Crippen molar-refractivity contribution in [3.63, 3.8) is 0 Å². The molecule has 0 radical (unpaired) electrons. The molecule has 0 fully saturated rings. The highest BCUT2D eigenvalue weighted by atomic mass is 16.5. The van der Waals surface area contributed by atoms with Gasteiger partial charge in [0.2, 0.25) is 5.91 Å². The average molecular weight is 368 g/mol. The molecule has 4 aromatic rings. The van der Waals surface area contributed by atoms with E-state index < -0.39 is 5.91 Å². The molecule has 1 aromatic heterocycles. The molecule has 1 heterocycles. The molecule has 4 nitrogen and oxygen atoms in total. The Kier molecular flexibility index (Phi) is 5.02. The van der Waals surface area contributed by atoms with Crippen LogP contribution in [-0.4, -0.2) is 10.9 Å². The van der Waals surface area contributed by atoms with E-state index in [-0.39, 0.29) is 0 Å². The summed E-state index contributed by atoms with van der Waals surface area (Å²) in [4.78, 5) is 15.9. The highest BCUT2D eigenvalue weighted by Crippen LogP contribution is 2.18. The topological polar surface area (TPSA) is 65.2 Å². The number of amides is 1. The first-order chi connectivity index (χ1) is 13.7. The molecule has 0 atom stereocenters. The van der Waals surface area contributed by atoms with Crippen LogP contribution < -0.4 is 10.5 Å². The van der Waals surface area contributed by atoms with E-state index in [1.807, 2.05) is 72.8 Å². The number of rotatable bonds is 6. The minimum absolute atomic E-state index is 0.409. The second-order valence-electron chi connectivity index (χ2n) is 6.67. The van der Waals surface area contributed by atoms with Gasteiger partial charge in [0.25, 0.3) is 0 Å². The van der Waals surface area contributed by atoms with Crippen LogP contribution in [0.3, 0.4) is 0 Å². The summed E-state index contributed by atoms with van der Waals surface area (Å²) in [6.45, 7) is 0.421. The van der Waals surface area contributed by atoms with Crippen molar-refractivity contribution < 1.29 is 9.53 Å². The summed E-state index contributed by atoms with van der Waals surface area (Å²) in [5.74, 6) is 0.387. The van der Waals surface area contributed by atoms with Crippen LogP contribution in [0.2, 0.25) is 0 Å². The third-order valence-corrected chi connectivity index (χ3v) is 4.59. The molecule has 2 N–H and O–H groups in total. The van der Waals surface area contributed by atoms with Crippen molar-refractivity contribution >= 4 is 16.8 Å². The van der Waals surface area contributed by atoms with Crippen LogP contribution in [0, 0.1) is 0 Å². The lowest BCUT2D eigenvalue weighted by Crippen LogP contribution is -2.11. The Balaban J connectivity index is 1.40. The third kappa shape index (κ3) is 4.18. The van der Waals surface area contributed by atoms with Crippen LogP contribution in [0.15, 0.2) is 84.9 Å². The first-order valence-electron chi connectivity index (χ1n) is 9.12. The fourth-order valence-electron chi connectivity index (χ4n) is 3.12. The van der Waals surface area contributed by atoms with E-state index in [0.717, 1.165) is 39.9 Å². The van der Waals surface area contributed by atoms with Gasteiger partial charge in [-0.25, -0.2) is 4.98 Å². The number of fused-ring (bicyclic) bond motifs is 1. The second-order valence-corrected chi connectivity index (χ2v) is 6.67. The fourth-order valence-corrected chi connectivity index (χ4v) is 3.12. The van der Waals surface area contributed by atoms with E-state index in [2.05, 4.69) is 11.1 Å². The van der Waals surface area contributed by atoms with Gasteiger partial charge in [0.05, 0.1) is 11.2 Å². The quantitative estimate of drug-likeness (QED) is 0.545. The number of pyridine rings is 1. The molecular formula is C24H20N2O2. The predicted octanol–water partition coefficient (Wildman–Crippen LogP) is 4.50. The van der Waals surface area contributed by atoms with Gasteiger partial charge in [-0.05, 0) is 53.9 Å². The summed E-state index contributed by atoms with van der Waals surface area (Å²) < 4.78 is 5.87. The minimum atomic E-state index is -0.409. The Hall–Kier alpha value is -3.66. The number of ether oxygens (including phenoxy) is 1. The van der Waals surface area contributed by atoms with Gasteiger partial charge in [-0.2, -0.15) is 0 Å². The molecule has 0 bridgehead atoms. The molecule has 0 aliphatic rings. The van der Waals surface area contributed by atoms with Crippen molar-refractivity contribution in [2.75, 3.05) is 0 Å². The highest BCUT2D eigenvalue weighted by molar-refractivity contribution is 5.92. The SMILES string of the molecule is NC(=O)c1cccc(Cc2ccc(OCc3ccc4ccccc4n3)cc2)c1. The van der Waals surface area contributed by atoms with E-state index in [1.165, 1.54) is 0 Å². The van der Waals surface area contributed by atoms with Crippen LogP contribution in [0.25, 0.3) is 10.9 Å². The normalized spacial score (nSPS) is 10.7. The zero-order valence-corrected chi connectivity index (χ0v) is 15.3. The molecule has 0 aliphatic carbocycles. The van der Waals surface area contributed by atoms with Crippen LogP contribution in [0.4, 0.5) is 0 Å². The number of carbonyl (C=O) groups is 1. The lowest BCUT2D eigenvalue weighted by Gasteiger charge is -2.08. The molecule has 138 valence electrons. The Morgan fingerprint density at radius 1 is 0.857 bits per heavy atom. The molecule has 28 heavy (non-hydrogen) atoms. The predicted molar refractivity (Wildman–Crippen MR) is 110 cm³/mol. The number of nitrogens with two attached hydrogens (primary N) is 1. The molecule has 0 saturated heterocycles. The summed E-state index contributed by atoms with van der Waals surface area (Å²) in [6, 6.07) is 27.4. The minimum Gasteiger partial charge on any atom is -0.487 e. The van der Waals surface area contributed by atoms with Gasteiger partial charge < -0.3 is 10.5 Å². The fraction of sp³-hybridized carbons (Fsp3) is 0.0833. The van der Waals surface area contributed by atoms with E-state index in [1.54, 1.807) is 6.07 Å². The number of para-hydroxylation sites is 1. The first kappa shape index (κ1) is 17.7. The summed E-state index contributed by atoms with van der Waals surface area (Å²) in [6.07, 6.45) is 0.730. The largest absolute Gasteiger partial charge is 0.487 e. The van der Waals surface area contributed by atoms with E-state index in [9.17, 15) is 4.79 Å². The van der Waals surface area contributed by atoms with Crippen molar-refractivity contribution in [1.82, 2.24) is 4.98 Å². The smallest absolute Gasteiger partial charge is 0.248 e. The molecule has 0 aliphatic heterocycles. The van der Waals surface area contributed by atoms with Crippen LogP contribution in [-0.2, 0) is 13.0 Å². The Morgan fingerprint density at radius 3 is 2.50 bits per heavy atom. The maximum Gasteiger partial charge on any atom is 0.248 e. The second kappa shape index (κ2) is 7.92. The zero-order valence-electron chi connectivity index (χ0n) is 15.3. The standard InChI is InChI=1S/C24H20N2O2/c25-24(27)20-6-3-4-18(15-20)14-17-8-12-22(13-9-17)28-16-21-11-10-19-5-1-2-7-23(19)26-21/h1-13,15H,14,16H2,(H2,25,27). The summed E-state index contributed by atoms with van der Waals surface area (Å²) >= 11 is 0. The first-order valence-corrected chi connectivity index (χ1v) is 9.12. The number of nitrogens with zero attached hydrogens (tertiary/aromatic N) is 1. The maximum absolute atomic E-state index is 11.3. The van der Waals surface area contributed by atoms with Gasteiger partial charge in [0.1, 0.15) is 12.4 Å². The monoisotopic (exact) mass is 368 g/mol. The van der Waals surface area contributed by atoms with Gasteiger partial charge in [-0.15, -0.1) is 0 Å². The molecule has 3 aromatic carbocycles. The summed E-state index contributed by atoms with van der Waals surface area (Å²) in [5, 5.41) is 1.12. The van der Waals surface area contributed by atoms with E-state index >= 15 is 0 Å². The molecule has 4 heteroatoms. The lowest BCUT2D eigenvalue weighted by atomic mass is 10.0. The molecule has 0 unspecified atom stereocenters. The van der Waals surface area contributed by atoms with Gasteiger partial charge in [0.15, 0.2) is 0 Å². The number of hydrogen-bond donors (Lipinski definition) is 1. The van der Waals surface area contributed by atoms with Crippen molar-refractivity contribution in [3.05, 3.63) is 107 Å². The molecule has 1 amide bonds. The van der Waals surface area contributed by atoms with E-state index in [0.29, 0.717) is 12.2 Å².